The van der Waals surface area contributed by atoms with Gasteiger partial charge in [0.25, 0.3) is 0 Å². The zero-order valence-electron chi connectivity index (χ0n) is 14.0. The molecule has 2 aromatic carbocycles. The highest BCUT2D eigenvalue weighted by atomic mass is 16.1. The summed E-state index contributed by atoms with van der Waals surface area (Å²) in [5.74, 6) is 0.0313. The molecule has 1 aromatic heterocycles. The summed E-state index contributed by atoms with van der Waals surface area (Å²) in [7, 11) is 0. The van der Waals surface area contributed by atoms with Crippen LogP contribution in [0.4, 0.5) is 5.69 Å². The molecule has 3 aromatic rings. The van der Waals surface area contributed by atoms with E-state index in [1.807, 2.05) is 61.0 Å². The van der Waals surface area contributed by atoms with Gasteiger partial charge in [-0.05, 0) is 56.2 Å². The number of hydrogen-bond acceptors (Lipinski definition) is 2. The summed E-state index contributed by atoms with van der Waals surface area (Å²) in [5.41, 5.74) is 5.14. The molecule has 0 unspecified atom stereocenters. The van der Waals surface area contributed by atoms with E-state index in [1.165, 1.54) is 0 Å². The Kier molecular flexibility index (Phi) is 4.75. The normalized spacial score (nSPS) is 10.6. The first-order chi connectivity index (χ1) is 11.6. The number of rotatable bonds is 5. The molecule has 0 spiro atoms. The van der Waals surface area contributed by atoms with Crippen molar-refractivity contribution < 1.29 is 4.79 Å². The van der Waals surface area contributed by atoms with Crippen molar-refractivity contribution in [3.8, 4) is 5.69 Å². The highest BCUT2D eigenvalue weighted by Crippen LogP contribution is 2.14. The predicted molar refractivity (Wildman–Crippen MR) is 96.4 cm³/mol. The second-order valence-corrected chi connectivity index (χ2v) is 5.92. The van der Waals surface area contributed by atoms with Crippen molar-refractivity contribution in [2.45, 2.75) is 26.7 Å². The van der Waals surface area contributed by atoms with Crippen molar-refractivity contribution in [1.29, 1.82) is 0 Å². The Morgan fingerprint density at radius 2 is 1.75 bits per heavy atom. The molecular formula is C20H21N3O. The lowest BCUT2D eigenvalue weighted by Gasteiger charge is -2.07. The number of nitrogens with one attached hydrogen (secondary N) is 1. The molecule has 0 aliphatic heterocycles. The molecule has 24 heavy (non-hydrogen) atoms. The summed E-state index contributed by atoms with van der Waals surface area (Å²) in [6, 6.07) is 19.8. The lowest BCUT2D eigenvalue weighted by Crippen LogP contribution is -2.12. The molecule has 0 saturated carbocycles. The van der Waals surface area contributed by atoms with Gasteiger partial charge in [0.1, 0.15) is 0 Å². The molecule has 1 N–H and O–H groups in total. The van der Waals surface area contributed by atoms with Crippen LogP contribution in [-0.2, 0) is 11.2 Å². The maximum Gasteiger partial charge on any atom is 0.224 e. The quantitative estimate of drug-likeness (QED) is 0.771. The molecule has 0 atom stereocenters. The Morgan fingerprint density at radius 3 is 2.38 bits per heavy atom. The average molecular weight is 319 g/mol. The number of aromatic nitrogens is 2. The average Bonchev–Trinajstić information content (AvgIpc) is 2.93. The first-order valence-electron chi connectivity index (χ1n) is 8.09. The Hall–Kier alpha value is -2.88. The molecule has 0 aliphatic carbocycles. The third-order valence-corrected chi connectivity index (χ3v) is 3.89. The third kappa shape index (κ3) is 3.90. The van der Waals surface area contributed by atoms with E-state index >= 15 is 0 Å². The van der Waals surface area contributed by atoms with Gasteiger partial charge in [0.2, 0.25) is 5.91 Å². The van der Waals surface area contributed by atoms with E-state index in [4.69, 9.17) is 0 Å². The van der Waals surface area contributed by atoms with Gasteiger partial charge < -0.3 is 5.32 Å². The summed E-state index contributed by atoms with van der Waals surface area (Å²) >= 11 is 0. The van der Waals surface area contributed by atoms with Gasteiger partial charge >= 0.3 is 0 Å². The summed E-state index contributed by atoms with van der Waals surface area (Å²) in [5, 5.41) is 7.39. The van der Waals surface area contributed by atoms with E-state index in [2.05, 4.69) is 28.6 Å². The van der Waals surface area contributed by atoms with Crippen LogP contribution < -0.4 is 5.32 Å². The molecule has 0 fully saturated rings. The van der Waals surface area contributed by atoms with Crippen LogP contribution in [0.2, 0.25) is 0 Å². The van der Waals surface area contributed by atoms with E-state index < -0.39 is 0 Å². The monoisotopic (exact) mass is 319 g/mol. The third-order valence-electron chi connectivity index (χ3n) is 3.89. The van der Waals surface area contributed by atoms with Crippen LogP contribution >= 0.6 is 0 Å². The van der Waals surface area contributed by atoms with Gasteiger partial charge in [-0.15, -0.1) is 0 Å². The van der Waals surface area contributed by atoms with Crippen LogP contribution in [-0.4, -0.2) is 15.7 Å². The lowest BCUT2D eigenvalue weighted by molar-refractivity contribution is -0.116. The molecule has 0 radical (unpaired) electrons. The molecule has 122 valence electrons. The topological polar surface area (TPSA) is 46.9 Å². The zero-order chi connectivity index (χ0) is 16.9. The number of anilines is 1. The van der Waals surface area contributed by atoms with Gasteiger partial charge in [-0.1, -0.05) is 30.3 Å². The van der Waals surface area contributed by atoms with Gasteiger partial charge in [-0.25, -0.2) is 4.68 Å². The molecule has 0 saturated heterocycles. The van der Waals surface area contributed by atoms with Gasteiger partial charge in [-0.2, -0.15) is 5.10 Å². The van der Waals surface area contributed by atoms with Gasteiger partial charge in [-0.3, -0.25) is 4.79 Å². The zero-order valence-corrected chi connectivity index (χ0v) is 14.0. The number of carbonyl (C=O) groups excluding carboxylic acids is 1. The molecule has 4 nitrogen and oxygen atoms in total. The van der Waals surface area contributed by atoms with Crippen molar-refractivity contribution in [3.05, 3.63) is 77.6 Å². The molecular weight excluding hydrogens is 298 g/mol. The summed E-state index contributed by atoms with van der Waals surface area (Å²) in [6.07, 6.45) is 1.18. The molecule has 1 heterocycles. The van der Waals surface area contributed by atoms with Crippen molar-refractivity contribution in [1.82, 2.24) is 9.78 Å². The lowest BCUT2D eigenvalue weighted by atomic mass is 10.1. The summed E-state index contributed by atoms with van der Waals surface area (Å²) in [4.78, 5) is 12.0. The molecule has 4 heteroatoms. The highest BCUT2D eigenvalue weighted by Gasteiger charge is 2.05. The van der Waals surface area contributed by atoms with E-state index in [0.717, 1.165) is 34.7 Å². The van der Waals surface area contributed by atoms with Crippen molar-refractivity contribution in [2.24, 2.45) is 0 Å². The second-order valence-electron chi connectivity index (χ2n) is 5.92. The largest absolute Gasteiger partial charge is 0.326 e. The Labute approximate surface area is 142 Å². The first-order valence-corrected chi connectivity index (χ1v) is 8.09. The minimum atomic E-state index is 0.0313. The number of amides is 1. The smallest absolute Gasteiger partial charge is 0.224 e. The van der Waals surface area contributed by atoms with Crippen LogP contribution in [0, 0.1) is 13.8 Å². The highest BCUT2D eigenvalue weighted by molar-refractivity contribution is 5.90. The number of carbonyl (C=O) groups is 1. The fourth-order valence-corrected chi connectivity index (χ4v) is 2.70. The van der Waals surface area contributed by atoms with Gasteiger partial charge in [0, 0.05) is 17.8 Å². The SMILES string of the molecule is Cc1cc(C)n(-c2ccc(CCC(=O)Nc3ccccc3)cc2)n1. The Bertz CT molecular complexity index is 820. The van der Waals surface area contributed by atoms with Crippen LogP contribution in [0.25, 0.3) is 5.69 Å². The van der Waals surface area contributed by atoms with E-state index in [0.29, 0.717) is 6.42 Å². The standard InChI is InChI=1S/C20H21N3O/c1-15-14-16(2)23(22-15)19-11-8-17(9-12-19)10-13-20(24)21-18-6-4-3-5-7-18/h3-9,11-12,14H,10,13H2,1-2H3,(H,21,24). The maximum atomic E-state index is 12.0. The van der Waals surface area contributed by atoms with Crippen LogP contribution in [0.1, 0.15) is 23.4 Å². The number of nitrogens with zero attached hydrogens (tertiary/aromatic N) is 2. The Morgan fingerprint density at radius 1 is 1.04 bits per heavy atom. The summed E-state index contributed by atoms with van der Waals surface area (Å²) < 4.78 is 1.93. The van der Waals surface area contributed by atoms with Crippen LogP contribution in [0.15, 0.2) is 60.7 Å². The summed E-state index contributed by atoms with van der Waals surface area (Å²) in [6.45, 7) is 4.03. The predicted octanol–water partition coefficient (Wildman–Crippen LogP) is 4.06. The first kappa shape index (κ1) is 16.0. The fraction of sp³-hybridized carbons (Fsp3) is 0.200. The van der Waals surface area contributed by atoms with Crippen molar-refractivity contribution >= 4 is 11.6 Å². The maximum absolute atomic E-state index is 12.0. The van der Waals surface area contributed by atoms with Crippen molar-refractivity contribution in [3.63, 3.8) is 0 Å². The van der Waals surface area contributed by atoms with E-state index in [1.54, 1.807) is 0 Å². The number of para-hydroxylation sites is 1. The second kappa shape index (κ2) is 7.13. The van der Waals surface area contributed by atoms with Gasteiger partial charge in [0.05, 0.1) is 11.4 Å². The molecule has 0 aliphatic rings. The van der Waals surface area contributed by atoms with Crippen LogP contribution in [0.5, 0.6) is 0 Å². The number of benzene rings is 2. The van der Waals surface area contributed by atoms with Crippen molar-refractivity contribution in [2.75, 3.05) is 5.32 Å². The molecule has 1 amide bonds. The molecule has 0 bridgehead atoms. The minimum Gasteiger partial charge on any atom is -0.326 e. The minimum absolute atomic E-state index is 0.0313. The fourth-order valence-electron chi connectivity index (χ4n) is 2.70. The van der Waals surface area contributed by atoms with E-state index in [-0.39, 0.29) is 5.91 Å². The molecule has 3 rings (SSSR count). The number of aryl methyl sites for hydroxylation is 3. The Balaban J connectivity index is 1.58. The van der Waals surface area contributed by atoms with Gasteiger partial charge in [0.15, 0.2) is 0 Å². The number of hydrogen-bond donors (Lipinski definition) is 1. The van der Waals surface area contributed by atoms with Crippen LogP contribution in [0.3, 0.4) is 0 Å². The van der Waals surface area contributed by atoms with E-state index in [9.17, 15) is 4.79 Å².